The highest BCUT2D eigenvalue weighted by Gasteiger charge is 2.12. The molecule has 16 heavy (non-hydrogen) atoms. The van der Waals surface area contributed by atoms with Crippen LogP contribution in [0.5, 0.6) is 0 Å². The van der Waals surface area contributed by atoms with Gasteiger partial charge in [-0.05, 0) is 12.1 Å². The SMILES string of the molecule is O=S(=O)(NCc1cn[nH]c1)c1ccccc1. The van der Waals surface area contributed by atoms with Crippen LogP contribution in [0.3, 0.4) is 0 Å². The lowest BCUT2D eigenvalue weighted by atomic mass is 10.4. The Labute approximate surface area is 93.6 Å². The van der Waals surface area contributed by atoms with E-state index in [9.17, 15) is 8.42 Å². The number of rotatable bonds is 4. The average molecular weight is 237 g/mol. The second-order valence-electron chi connectivity index (χ2n) is 3.24. The zero-order valence-corrected chi connectivity index (χ0v) is 9.24. The first kappa shape index (κ1) is 10.8. The Morgan fingerprint density at radius 3 is 2.62 bits per heavy atom. The molecule has 1 aromatic carbocycles. The molecule has 0 unspecified atom stereocenters. The molecular weight excluding hydrogens is 226 g/mol. The van der Waals surface area contributed by atoms with Gasteiger partial charge in [0.15, 0.2) is 0 Å². The van der Waals surface area contributed by atoms with Gasteiger partial charge in [-0.3, -0.25) is 5.10 Å². The lowest BCUT2D eigenvalue weighted by Gasteiger charge is -2.04. The highest BCUT2D eigenvalue weighted by molar-refractivity contribution is 7.89. The van der Waals surface area contributed by atoms with Gasteiger partial charge < -0.3 is 0 Å². The van der Waals surface area contributed by atoms with Gasteiger partial charge in [-0.15, -0.1) is 0 Å². The van der Waals surface area contributed by atoms with Gasteiger partial charge >= 0.3 is 0 Å². The van der Waals surface area contributed by atoms with Crippen LogP contribution in [0.15, 0.2) is 47.6 Å². The highest BCUT2D eigenvalue weighted by atomic mass is 32.2. The molecule has 0 saturated heterocycles. The Bertz CT molecular complexity index is 535. The molecule has 84 valence electrons. The number of aromatic nitrogens is 2. The Morgan fingerprint density at radius 2 is 2.00 bits per heavy atom. The molecule has 0 aliphatic carbocycles. The van der Waals surface area contributed by atoms with Crippen LogP contribution in [0.4, 0.5) is 0 Å². The number of benzene rings is 1. The first-order valence-electron chi connectivity index (χ1n) is 4.71. The van der Waals surface area contributed by atoms with Crippen LogP contribution in [0.2, 0.25) is 0 Å². The van der Waals surface area contributed by atoms with Gasteiger partial charge in [0.05, 0.1) is 11.1 Å². The molecule has 0 fully saturated rings. The summed E-state index contributed by atoms with van der Waals surface area (Å²) in [4.78, 5) is 0.262. The van der Waals surface area contributed by atoms with Crippen LogP contribution in [0, 0.1) is 0 Å². The average Bonchev–Trinajstić information content (AvgIpc) is 2.81. The molecule has 0 atom stereocenters. The number of hydrogen-bond donors (Lipinski definition) is 2. The van der Waals surface area contributed by atoms with Gasteiger partial charge in [0.2, 0.25) is 10.0 Å². The molecule has 5 nitrogen and oxygen atoms in total. The maximum Gasteiger partial charge on any atom is 0.240 e. The van der Waals surface area contributed by atoms with Crippen molar-refractivity contribution in [3.8, 4) is 0 Å². The topological polar surface area (TPSA) is 74.8 Å². The summed E-state index contributed by atoms with van der Waals surface area (Å²) in [6, 6.07) is 8.25. The monoisotopic (exact) mass is 237 g/mol. The molecule has 0 bridgehead atoms. The number of nitrogens with zero attached hydrogens (tertiary/aromatic N) is 1. The summed E-state index contributed by atoms with van der Waals surface area (Å²) >= 11 is 0. The van der Waals surface area contributed by atoms with Crippen LogP contribution in [0.25, 0.3) is 0 Å². The molecule has 0 aliphatic heterocycles. The van der Waals surface area contributed by atoms with Gasteiger partial charge in [0.25, 0.3) is 0 Å². The van der Waals surface area contributed by atoms with E-state index in [1.807, 2.05) is 0 Å². The van der Waals surface area contributed by atoms with Gasteiger partial charge in [0, 0.05) is 18.3 Å². The fourth-order valence-corrected chi connectivity index (χ4v) is 2.27. The number of H-pyrrole nitrogens is 1. The van der Waals surface area contributed by atoms with E-state index in [4.69, 9.17) is 0 Å². The third kappa shape index (κ3) is 2.47. The van der Waals surface area contributed by atoms with Gasteiger partial charge in [-0.2, -0.15) is 5.10 Å². The lowest BCUT2D eigenvalue weighted by Crippen LogP contribution is -2.22. The van der Waals surface area contributed by atoms with Crippen LogP contribution >= 0.6 is 0 Å². The van der Waals surface area contributed by atoms with Crippen molar-refractivity contribution in [3.63, 3.8) is 0 Å². The quantitative estimate of drug-likeness (QED) is 0.829. The Hall–Kier alpha value is -1.66. The van der Waals surface area contributed by atoms with E-state index in [1.165, 1.54) is 0 Å². The zero-order valence-electron chi connectivity index (χ0n) is 8.42. The predicted molar refractivity (Wildman–Crippen MR) is 59.1 cm³/mol. The van der Waals surface area contributed by atoms with Crippen molar-refractivity contribution in [2.24, 2.45) is 0 Å². The Balaban J connectivity index is 2.10. The summed E-state index contributed by atoms with van der Waals surface area (Å²) in [5.74, 6) is 0. The maximum atomic E-state index is 11.8. The first-order valence-corrected chi connectivity index (χ1v) is 6.19. The summed E-state index contributed by atoms with van der Waals surface area (Å²) in [7, 11) is -3.43. The van der Waals surface area contributed by atoms with Crippen molar-refractivity contribution in [1.29, 1.82) is 0 Å². The largest absolute Gasteiger partial charge is 0.285 e. The second kappa shape index (κ2) is 4.46. The molecule has 6 heteroatoms. The molecule has 0 radical (unpaired) electrons. The van der Waals surface area contributed by atoms with Crippen molar-refractivity contribution in [2.75, 3.05) is 0 Å². The molecule has 0 spiro atoms. The predicted octanol–water partition coefficient (Wildman–Crippen LogP) is 0.888. The lowest BCUT2D eigenvalue weighted by molar-refractivity contribution is 0.581. The van der Waals surface area contributed by atoms with E-state index in [2.05, 4.69) is 14.9 Å². The summed E-state index contributed by atoms with van der Waals surface area (Å²) in [5, 5.41) is 6.36. The Kier molecular flexibility index (Phi) is 3.02. The number of nitrogens with one attached hydrogen (secondary N) is 2. The minimum absolute atomic E-state index is 0.230. The van der Waals surface area contributed by atoms with Crippen molar-refractivity contribution in [3.05, 3.63) is 48.3 Å². The molecule has 0 aliphatic rings. The van der Waals surface area contributed by atoms with Gasteiger partial charge in [-0.25, -0.2) is 13.1 Å². The summed E-state index contributed by atoms with van der Waals surface area (Å²) < 4.78 is 26.1. The van der Waals surface area contributed by atoms with Crippen LogP contribution in [-0.4, -0.2) is 18.6 Å². The molecule has 0 amide bonds. The number of hydrogen-bond acceptors (Lipinski definition) is 3. The van der Waals surface area contributed by atoms with E-state index in [1.54, 1.807) is 42.7 Å². The minimum Gasteiger partial charge on any atom is -0.285 e. The maximum absolute atomic E-state index is 11.8. The van der Waals surface area contributed by atoms with Gasteiger partial charge in [-0.1, -0.05) is 18.2 Å². The summed E-state index contributed by atoms with van der Waals surface area (Å²) in [5.41, 5.74) is 0.791. The molecule has 1 heterocycles. The van der Waals surface area contributed by atoms with Crippen molar-refractivity contribution >= 4 is 10.0 Å². The number of aromatic amines is 1. The second-order valence-corrected chi connectivity index (χ2v) is 5.01. The van der Waals surface area contributed by atoms with Crippen LogP contribution < -0.4 is 4.72 Å². The van der Waals surface area contributed by atoms with Crippen molar-refractivity contribution < 1.29 is 8.42 Å². The summed E-state index contributed by atoms with van der Waals surface area (Å²) in [6.07, 6.45) is 3.22. The fourth-order valence-electron chi connectivity index (χ4n) is 1.24. The number of sulfonamides is 1. The standard InChI is InChI=1S/C10H11N3O2S/c14-16(15,10-4-2-1-3-5-10)13-8-9-6-11-12-7-9/h1-7,13H,8H2,(H,11,12). The third-order valence-corrected chi connectivity index (χ3v) is 3.49. The normalized spacial score (nSPS) is 11.5. The molecule has 1 aromatic heterocycles. The van der Waals surface area contributed by atoms with Crippen molar-refractivity contribution in [2.45, 2.75) is 11.4 Å². The first-order chi connectivity index (χ1) is 7.68. The highest BCUT2D eigenvalue weighted by Crippen LogP contribution is 2.07. The smallest absolute Gasteiger partial charge is 0.240 e. The zero-order chi connectivity index (χ0) is 11.4. The van der Waals surface area contributed by atoms with Crippen LogP contribution in [-0.2, 0) is 16.6 Å². The molecule has 2 rings (SSSR count). The van der Waals surface area contributed by atoms with E-state index < -0.39 is 10.0 Å². The molecular formula is C10H11N3O2S. The third-order valence-electron chi connectivity index (χ3n) is 2.07. The Morgan fingerprint density at radius 1 is 1.25 bits per heavy atom. The van der Waals surface area contributed by atoms with Crippen LogP contribution in [0.1, 0.15) is 5.56 Å². The van der Waals surface area contributed by atoms with E-state index in [0.717, 1.165) is 5.56 Å². The van der Waals surface area contributed by atoms with Gasteiger partial charge in [0.1, 0.15) is 0 Å². The fraction of sp³-hybridized carbons (Fsp3) is 0.100. The van der Waals surface area contributed by atoms with E-state index >= 15 is 0 Å². The van der Waals surface area contributed by atoms with E-state index in [0.29, 0.717) is 0 Å². The van der Waals surface area contributed by atoms with E-state index in [-0.39, 0.29) is 11.4 Å². The molecule has 0 saturated carbocycles. The molecule has 2 N–H and O–H groups in total. The minimum atomic E-state index is -3.43. The van der Waals surface area contributed by atoms with Crippen molar-refractivity contribution in [1.82, 2.24) is 14.9 Å². The molecule has 2 aromatic rings. The summed E-state index contributed by atoms with van der Waals surface area (Å²) in [6.45, 7) is 0.230.